The molecule has 6 rings (SSSR count). The molecule has 0 aromatic heterocycles. The second-order valence-corrected chi connectivity index (χ2v) is 9.39. The summed E-state index contributed by atoms with van der Waals surface area (Å²) in [7, 11) is 0. The third kappa shape index (κ3) is 3.80. The van der Waals surface area contributed by atoms with Crippen LogP contribution in [0.2, 0.25) is 0 Å². The number of benzene rings is 2. The molecule has 1 spiro atoms. The van der Waals surface area contributed by atoms with Gasteiger partial charge >= 0.3 is 0 Å². The molecule has 31 heavy (non-hydrogen) atoms. The van der Waals surface area contributed by atoms with Crippen LogP contribution in [0.5, 0.6) is 11.5 Å². The Morgan fingerprint density at radius 3 is 2.42 bits per heavy atom. The van der Waals surface area contributed by atoms with Crippen LogP contribution in [0.1, 0.15) is 55.2 Å². The number of nitrogens with zero attached hydrogens (tertiary/aromatic N) is 1. The van der Waals surface area contributed by atoms with Crippen molar-refractivity contribution in [3.05, 3.63) is 59.2 Å². The summed E-state index contributed by atoms with van der Waals surface area (Å²) >= 11 is 0. The Kier molecular flexibility index (Phi) is 4.87. The predicted octanol–water partition coefficient (Wildman–Crippen LogP) is 4.84. The van der Waals surface area contributed by atoms with E-state index in [4.69, 9.17) is 19.0 Å². The highest BCUT2D eigenvalue weighted by molar-refractivity contribution is 6.02. The van der Waals surface area contributed by atoms with Gasteiger partial charge in [-0.2, -0.15) is 0 Å². The Morgan fingerprint density at radius 1 is 0.903 bits per heavy atom. The Hall–Kier alpha value is -2.53. The van der Waals surface area contributed by atoms with E-state index in [-0.39, 0.29) is 11.7 Å². The van der Waals surface area contributed by atoms with Crippen molar-refractivity contribution in [3.63, 3.8) is 0 Å². The van der Waals surface area contributed by atoms with Gasteiger partial charge in [-0.1, -0.05) is 29.4 Å². The van der Waals surface area contributed by atoms with Crippen LogP contribution in [-0.4, -0.2) is 36.7 Å². The minimum absolute atomic E-state index is 0.134. The molecule has 2 aliphatic heterocycles. The molecule has 0 radical (unpaired) electrons. The standard InChI is InChI=1S/C26H29NO4/c1-2-6-19-14-22(13-18(19)5-1)30-25-15-20(9-10-24(25)29-21-7-3-4-8-21)23-16-26(31-27-23)11-12-28-17-26/h1-2,5-6,9-10,15,21-22H,3-4,7-8,11-14,16-17H2. The number of hydrogen-bond donors (Lipinski definition) is 0. The quantitative estimate of drug-likeness (QED) is 0.696. The summed E-state index contributed by atoms with van der Waals surface area (Å²) in [5, 5.41) is 4.42. The van der Waals surface area contributed by atoms with Gasteiger partial charge in [0, 0.05) is 31.2 Å². The highest BCUT2D eigenvalue weighted by atomic mass is 16.7. The van der Waals surface area contributed by atoms with Crippen LogP contribution >= 0.6 is 0 Å². The molecule has 2 aromatic carbocycles. The van der Waals surface area contributed by atoms with Crippen molar-refractivity contribution < 1.29 is 19.0 Å². The van der Waals surface area contributed by atoms with Crippen LogP contribution in [0.3, 0.4) is 0 Å². The number of ether oxygens (including phenoxy) is 3. The molecule has 2 heterocycles. The molecule has 5 heteroatoms. The fraction of sp³-hybridized carbons (Fsp3) is 0.500. The van der Waals surface area contributed by atoms with Gasteiger partial charge in [-0.3, -0.25) is 0 Å². The van der Waals surface area contributed by atoms with Crippen molar-refractivity contribution in [3.8, 4) is 11.5 Å². The molecule has 0 amide bonds. The minimum atomic E-state index is -0.275. The van der Waals surface area contributed by atoms with E-state index in [2.05, 4.69) is 47.6 Å². The molecular formula is C26H29NO4. The number of hydrogen-bond acceptors (Lipinski definition) is 5. The highest BCUT2D eigenvalue weighted by Crippen LogP contribution is 2.38. The molecule has 162 valence electrons. The molecule has 5 nitrogen and oxygen atoms in total. The smallest absolute Gasteiger partial charge is 0.168 e. The average Bonchev–Trinajstić information content (AvgIpc) is 3.58. The topological polar surface area (TPSA) is 49.3 Å². The Labute approximate surface area is 183 Å². The van der Waals surface area contributed by atoms with Crippen molar-refractivity contribution in [2.24, 2.45) is 5.16 Å². The van der Waals surface area contributed by atoms with Crippen molar-refractivity contribution in [2.45, 2.75) is 69.2 Å². The lowest BCUT2D eigenvalue weighted by Crippen LogP contribution is -2.29. The molecule has 2 aromatic rings. The highest BCUT2D eigenvalue weighted by Gasteiger charge is 2.43. The lowest BCUT2D eigenvalue weighted by atomic mass is 9.93. The van der Waals surface area contributed by atoms with Gasteiger partial charge in [0.1, 0.15) is 6.10 Å². The van der Waals surface area contributed by atoms with Gasteiger partial charge in [-0.15, -0.1) is 0 Å². The van der Waals surface area contributed by atoms with Crippen LogP contribution in [-0.2, 0) is 22.4 Å². The van der Waals surface area contributed by atoms with Crippen LogP contribution in [0.15, 0.2) is 47.6 Å². The SMILES string of the molecule is c1ccc2c(c1)CC(Oc1cc(C3=NOC4(CCOC4)C3)ccc1OC1CCCC1)C2. The normalized spacial score (nSPS) is 25.6. The molecule has 4 aliphatic rings. The van der Waals surface area contributed by atoms with Crippen molar-refractivity contribution in [2.75, 3.05) is 13.2 Å². The van der Waals surface area contributed by atoms with Crippen LogP contribution in [0, 0.1) is 0 Å². The minimum Gasteiger partial charge on any atom is -0.487 e. The zero-order valence-electron chi connectivity index (χ0n) is 17.8. The third-order valence-corrected chi connectivity index (χ3v) is 7.09. The number of oxime groups is 1. The van der Waals surface area contributed by atoms with Crippen molar-refractivity contribution in [1.82, 2.24) is 0 Å². The maximum atomic E-state index is 6.57. The molecule has 1 atom stereocenters. The molecule has 1 saturated heterocycles. The van der Waals surface area contributed by atoms with E-state index in [9.17, 15) is 0 Å². The molecular weight excluding hydrogens is 390 g/mol. The van der Waals surface area contributed by atoms with Crippen LogP contribution < -0.4 is 9.47 Å². The average molecular weight is 420 g/mol. The van der Waals surface area contributed by atoms with Gasteiger partial charge in [-0.05, 0) is 55.0 Å². The maximum Gasteiger partial charge on any atom is 0.168 e. The first kappa shape index (κ1) is 19.2. The van der Waals surface area contributed by atoms with Crippen molar-refractivity contribution in [1.29, 1.82) is 0 Å². The maximum absolute atomic E-state index is 6.57. The van der Waals surface area contributed by atoms with Gasteiger partial charge in [0.25, 0.3) is 0 Å². The first-order valence-electron chi connectivity index (χ1n) is 11.6. The van der Waals surface area contributed by atoms with E-state index in [0.717, 1.165) is 67.9 Å². The summed E-state index contributed by atoms with van der Waals surface area (Å²) in [4.78, 5) is 5.81. The van der Waals surface area contributed by atoms with E-state index in [0.29, 0.717) is 12.7 Å². The Bertz CT molecular complexity index is 964. The summed E-state index contributed by atoms with van der Waals surface area (Å²) in [6.45, 7) is 1.36. The molecule has 1 saturated carbocycles. The summed E-state index contributed by atoms with van der Waals surface area (Å²) in [5.41, 5.74) is 4.52. The zero-order valence-corrected chi connectivity index (χ0v) is 17.8. The number of fused-ring (bicyclic) bond motifs is 1. The van der Waals surface area contributed by atoms with Gasteiger partial charge < -0.3 is 19.0 Å². The zero-order chi connectivity index (χ0) is 20.7. The molecule has 0 N–H and O–H groups in total. The third-order valence-electron chi connectivity index (χ3n) is 7.09. The lowest BCUT2D eigenvalue weighted by Gasteiger charge is -2.21. The molecule has 2 aliphatic carbocycles. The summed E-state index contributed by atoms with van der Waals surface area (Å²) < 4.78 is 18.5. The molecule has 0 bridgehead atoms. The van der Waals surface area contributed by atoms with E-state index in [1.165, 1.54) is 24.0 Å². The summed E-state index contributed by atoms with van der Waals surface area (Å²) in [6, 6.07) is 14.9. The number of rotatable bonds is 5. The predicted molar refractivity (Wildman–Crippen MR) is 118 cm³/mol. The van der Waals surface area contributed by atoms with E-state index < -0.39 is 0 Å². The summed E-state index contributed by atoms with van der Waals surface area (Å²) in [5.74, 6) is 1.68. The van der Waals surface area contributed by atoms with Gasteiger partial charge in [-0.25, -0.2) is 0 Å². The monoisotopic (exact) mass is 419 g/mol. The van der Waals surface area contributed by atoms with Crippen LogP contribution in [0.4, 0.5) is 0 Å². The van der Waals surface area contributed by atoms with E-state index >= 15 is 0 Å². The first-order valence-corrected chi connectivity index (χ1v) is 11.6. The summed E-state index contributed by atoms with van der Waals surface area (Å²) in [6.07, 6.45) is 8.72. The van der Waals surface area contributed by atoms with E-state index in [1.807, 2.05) is 0 Å². The molecule has 1 unspecified atom stereocenters. The molecule has 2 fully saturated rings. The first-order chi connectivity index (χ1) is 15.3. The van der Waals surface area contributed by atoms with Crippen LogP contribution in [0.25, 0.3) is 0 Å². The Morgan fingerprint density at radius 2 is 1.68 bits per heavy atom. The lowest BCUT2D eigenvalue weighted by molar-refractivity contribution is -0.0237. The second-order valence-electron chi connectivity index (χ2n) is 9.39. The van der Waals surface area contributed by atoms with E-state index in [1.54, 1.807) is 0 Å². The van der Waals surface area contributed by atoms with Gasteiger partial charge in [0.15, 0.2) is 17.1 Å². The van der Waals surface area contributed by atoms with Crippen molar-refractivity contribution >= 4 is 5.71 Å². The van der Waals surface area contributed by atoms with Gasteiger partial charge in [0.2, 0.25) is 0 Å². The Balaban J connectivity index is 1.25. The fourth-order valence-electron chi connectivity index (χ4n) is 5.32. The largest absolute Gasteiger partial charge is 0.487 e. The fourth-order valence-corrected chi connectivity index (χ4v) is 5.32. The van der Waals surface area contributed by atoms with Gasteiger partial charge in [0.05, 0.1) is 25.0 Å². The second kappa shape index (κ2) is 7.86.